The predicted octanol–water partition coefficient (Wildman–Crippen LogP) is 2.12. The topological polar surface area (TPSA) is 47.0 Å². The fraction of sp³-hybridized carbons (Fsp3) is 0.385. The number of hydrogen-bond acceptors (Lipinski definition) is 5. The molecular formula is C13H16FN3OS. The maximum absolute atomic E-state index is 13.6. The Labute approximate surface area is 115 Å². The Morgan fingerprint density at radius 2 is 2.11 bits per heavy atom. The van der Waals surface area contributed by atoms with Gasteiger partial charge in [-0.25, -0.2) is 4.39 Å². The molecule has 1 aromatic carbocycles. The maximum atomic E-state index is 13.6. The van der Waals surface area contributed by atoms with Gasteiger partial charge in [-0.1, -0.05) is 23.5 Å². The van der Waals surface area contributed by atoms with E-state index in [9.17, 15) is 4.39 Å². The zero-order chi connectivity index (χ0) is 13.5. The first kappa shape index (κ1) is 14.0. The third-order valence-corrected chi connectivity index (χ3v) is 3.59. The molecule has 0 fully saturated rings. The van der Waals surface area contributed by atoms with Crippen molar-refractivity contribution in [3.05, 3.63) is 35.1 Å². The van der Waals surface area contributed by atoms with Crippen LogP contribution >= 0.6 is 11.3 Å². The summed E-state index contributed by atoms with van der Waals surface area (Å²) in [4.78, 5) is 0. The SMILES string of the molecule is COCCNCCc1nnc(-c2ccccc2F)s1. The quantitative estimate of drug-likeness (QED) is 0.790. The third kappa shape index (κ3) is 4.05. The Morgan fingerprint density at radius 3 is 2.89 bits per heavy atom. The highest BCUT2D eigenvalue weighted by molar-refractivity contribution is 7.14. The largest absolute Gasteiger partial charge is 0.383 e. The number of aromatic nitrogens is 2. The van der Waals surface area contributed by atoms with E-state index >= 15 is 0 Å². The molecule has 0 unspecified atom stereocenters. The van der Waals surface area contributed by atoms with E-state index < -0.39 is 0 Å². The van der Waals surface area contributed by atoms with E-state index in [0.717, 1.165) is 24.5 Å². The molecule has 0 aliphatic heterocycles. The molecule has 6 heteroatoms. The van der Waals surface area contributed by atoms with Crippen molar-refractivity contribution in [1.29, 1.82) is 0 Å². The lowest BCUT2D eigenvalue weighted by Gasteiger charge is -2.00. The number of nitrogens with zero attached hydrogens (tertiary/aromatic N) is 2. The van der Waals surface area contributed by atoms with Gasteiger partial charge < -0.3 is 10.1 Å². The fourth-order valence-electron chi connectivity index (χ4n) is 1.59. The van der Waals surface area contributed by atoms with Crippen LogP contribution in [0, 0.1) is 5.82 Å². The lowest BCUT2D eigenvalue weighted by atomic mass is 10.2. The zero-order valence-electron chi connectivity index (χ0n) is 10.7. The minimum absolute atomic E-state index is 0.261. The summed E-state index contributed by atoms with van der Waals surface area (Å²) < 4.78 is 18.5. The van der Waals surface area contributed by atoms with Crippen LogP contribution < -0.4 is 5.32 Å². The highest BCUT2D eigenvalue weighted by atomic mass is 32.1. The third-order valence-electron chi connectivity index (χ3n) is 2.57. The first-order chi connectivity index (χ1) is 9.31. The van der Waals surface area contributed by atoms with Crippen molar-refractivity contribution >= 4 is 11.3 Å². The van der Waals surface area contributed by atoms with Crippen LogP contribution in [0.15, 0.2) is 24.3 Å². The van der Waals surface area contributed by atoms with Gasteiger partial charge in [-0.05, 0) is 12.1 Å². The Hall–Kier alpha value is -1.37. The van der Waals surface area contributed by atoms with Crippen LogP contribution in [0.3, 0.4) is 0 Å². The lowest BCUT2D eigenvalue weighted by molar-refractivity contribution is 0.199. The molecule has 0 bridgehead atoms. The first-order valence-electron chi connectivity index (χ1n) is 6.08. The van der Waals surface area contributed by atoms with Gasteiger partial charge in [0.15, 0.2) is 5.01 Å². The average molecular weight is 281 g/mol. The smallest absolute Gasteiger partial charge is 0.150 e. The summed E-state index contributed by atoms with van der Waals surface area (Å²) in [7, 11) is 1.67. The van der Waals surface area contributed by atoms with Crippen LogP contribution in [0.4, 0.5) is 4.39 Å². The molecule has 0 atom stereocenters. The van der Waals surface area contributed by atoms with E-state index in [4.69, 9.17) is 4.74 Å². The molecule has 2 rings (SSSR count). The van der Waals surface area contributed by atoms with E-state index in [2.05, 4.69) is 15.5 Å². The molecule has 1 heterocycles. The molecule has 0 amide bonds. The number of nitrogens with one attached hydrogen (secondary N) is 1. The predicted molar refractivity (Wildman–Crippen MR) is 73.8 cm³/mol. The molecule has 102 valence electrons. The lowest BCUT2D eigenvalue weighted by Crippen LogP contribution is -2.21. The highest BCUT2D eigenvalue weighted by Gasteiger charge is 2.10. The first-order valence-corrected chi connectivity index (χ1v) is 6.90. The van der Waals surface area contributed by atoms with Crippen LogP contribution in [0.2, 0.25) is 0 Å². The Balaban J connectivity index is 1.91. The molecule has 19 heavy (non-hydrogen) atoms. The van der Waals surface area contributed by atoms with Crippen molar-refractivity contribution in [2.24, 2.45) is 0 Å². The summed E-state index contributed by atoms with van der Waals surface area (Å²) in [5, 5.41) is 12.9. The second kappa shape index (κ2) is 7.28. The molecule has 0 aliphatic carbocycles. The molecule has 0 radical (unpaired) electrons. The summed E-state index contributed by atoms with van der Waals surface area (Å²) in [5.41, 5.74) is 0.513. The molecule has 0 saturated carbocycles. The molecule has 2 aromatic rings. The summed E-state index contributed by atoms with van der Waals surface area (Å²) in [6.07, 6.45) is 0.788. The second-order valence-electron chi connectivity index (χ2n) is 3.97. The fourth-order valence-corrected chi connectivity index (χ4v) is 2.46. The van der Waals surface area contributed by atoms with Crippen molar-refractivity contribution in [2.45, 2.75) is 6.42 Å². The molecule has 0 spiro atoms. The van der Waals surface area contributed by atoms with Crippen LogP contribution in [0.5, 0.6) is 0 Å². The zero-order valence-corrected chi connectivity index (χ0v) is 11.5. The van der Waals surface area contributed by atoms with Crippen molar-refractivity contribution < 1.29 is 9.13 Å². The van der Waals surface area contributed by atoms with Gasteiger partial charge in [0, 0.05) is 32.2 Å². The van der Waals surface area contributed by atoms with E-state index in [1.165, 1.54) is 17.4 Å². The van der Waals surface area contributed by atoms with Gasteiger partial charge in [0.2, 0.25) is 0 Å². The minimum Gasteiger partial charge on any atom is -0.383 e. The van der Waals surface area contributed by atoms with Crippen molar-refractivity contribution in [3.8, 4) is 10.6 Å². The molecule has 0 saturated heterocycles. The summed E-state index contributed by atoms with van der Waals surface area (Å²) in [6, 6.07) is 6.62. The monoisotopic (exact) mass is 281 g/mol. The summed E-state index contributed by atoms with van der Waals surface area (Å²) in [6.45, 7) is 2.32. The number of hydrogen-bond donors (Lipinski definition) is 1. The number of methoxy groups -OCH3 is 1. The van der Waals surface area contributed by atoms with Crippen molar-refractivity contribution in [2.75, 3.05) is 26.8 Å². The summed E-state index contributed by atoms with van der Waals surface area (Å²) >= 11 is 1.43. The van der Waals surface area contributed by atoms with Crippen LogP contribution in [-0.4, -0.2) is 37.0 Å². The number of ether oxygens (including phenoxy) is 1. The van der Waals surface area contributed by atoms with Crippen molar-refractivity contribution in [3.63, 3.8) is 0 Å². The van der Waals surface area contributed by atoms with Gasteiger partial charge in [-0.3, -0.25) is 0 Å². The van der Waals surface area contributed by atoms with Crippen LogP contribution in [0.1, 0.15) is 5.01 Å². The highest BCUT2D eigenvalue weighted by Crippen LogP contribution is 2.25. The van der Waals surface area contributed by atoms with Gasteiger partial charge in [0.05, 0.1) is 6.61 Å². The van der Waals surface area contributed by atoms with Gasteiger partial charge in [0.25, 0.3) is 0 Å². The summed E-state index contributed by atoms with van der Waals surface area (Å²) in [5.74, 6) is -0.261. The van der Waals surface area contributed by atoms with E-state index in [0.29, 0.717) is 17.2 Å². The van der Waals surface area contributed by atoms with Gasteiger partial charge in [-0.2, -0.15) is 0 Å². The Kier molecular flexibility index (Phi) is 5.38. The van der Waals surface area contributed by atoms with Gasteiger partial charge in [0.1, 0.15) is 10.8 Å². The molecule has 1 N–H and O–H groups in total. The Morgan fingerprint density at radius 1 is 1.26 bits per heavy atom. The number of rotatable bonds is 7. The molecule has 0 aliphatic rings. The van der Waals surface area contributed by atoms with E-state index in [1.54, 1.807) is 25.3 Å². The standard InChI is InChI=1S/C13H16FN3OS/c1-18-9-8-15-7-6-12-16-17-13(19-12)10-4-2-3-5-11(10)14/h2-5,15H,6-9H2,1H3. The van der Waals surface area contributed by atoms with Gasteiger partial charge in [-0.15, -0.1) is 10.2 Å². The minimum atomic E-state index is -0.261. The normalized spacial score (nSPS) is 10.8. The molecular weight excluding hydrogens is 265 g/mol. The van der Waals surface area contributed by atoms with Gasteiger partial charge >= 0.3 is 0 Å². The van der Waals surface area contributed by atoms with E-state index in [-0.39, 0.29) is 5.82 Å². The molecule has 1 aromatic heterocycles. The van der Waals surface area contributed by atoms with E-state index in [1.807, 2.05) is 0 Å². The van der Waals surface area contributed by atoms with Crippen LogP contribution in [-0.2, 0) is 11.2 Å². The second-order valence-corrected chi connectivity index (χ2v) is 5.04. The number of halogens is 1. The molecule has 4 nitrogen and oxygen atoms in total. The maximum Gasteiger partial charge on any atom is 0.150 e. The number of benzene rings is 1. The van der Waals surface area contributed by atoms with Crippen LogP contribution in [0.25, 0.3) is 10.6 Å². The Bertz CT molecular complexity index is 518. The van der Waals surface area contributed by atoms with Crippen molar-refractivity contribution in [1.82, 2.24) is 15.5 Å². The average Bonchev–Trinajstić information content (AvgIpc) is 2.88.